The fraction of sp³-hybridized carbons (Fsp3) is 0.600. The first-order valence-electron chi connectivity index (χ1n) is 24.9. The van der Waals surface area contributed by atoms with Gasteiger partial charge < -0.3 is 60.6 Å². The first-order valence-corrected chi connectivity index (χ1v) is 24.9. The Kier molecular flexibility index (Phi) is 25.1. The van der Waals surface area contributed by atoms with E-state index in [0.717, 1.165) is 17.8 Å². The maximum absolute atomic E-state index is 14.8. The van der Waals surface area contributed by atoms with Crippen molar-refractivity contribution in [1.82, 2.24) is 29.9 Å². The number of rotatable bonds is 27. The van der Waals surface area contributed by atoms with E-state index in [4.69, 9.17) is 29.7 Å². The van der Waals surface area contributed by atoms with Crippen molar-refractivity contribution in [2.24, 2.45) is 5.73 Å². The van der Waals surface area contributed by atoms with Gasteiger partial charge in [-0.05, 0) is 60.7 Å². The van der Waals surface area contributed by atoms with E-state index in [-0.39, 0.29) is 71.1 Å². The molecule has 0 radical (unpaired) electrons. The number of pyridine rings is 1. The van der Waals surface area contributed by atoms with E-state index in [1.165, 1.54) is 24.3 Å². The molecule has 0 spiro atoms. The van der Waals surface area contributed by atoms with E-state index in [1.54, 1.807) is 27.8 Å². The molecule has 8 N–H and O–H groups in total. The monoisotopic (exact) mass is 1050 g/mol. The molecule has 0 bridgehead atoms. The summed E-state index contributed by atoms with van der Waals surface area (Å²) in [6, 6.07) is 9.67. The summed E-state index contributed by atoms with van der Waals surface area (Å²) in [5.74, 6) is -2.28. The summed E-state index contributed by atoms with van der Waals surface area (Å²) >= 11 is 0. The lowest BCUT2D eigenvalue weighted by molar-refractivity contribution is -0.139. The number of hydrogen-bond acceptors (Lipinski definition) is 17. The second-order valence-electron chi connectivity index (χ2n) is 18.3. The highest BCUT2D eigenvalue weighted by atomic mass is 19.4. The van der Waals surface area contributed by atoms with Crippen molar-refractivity contribution < 1.29 is 71.3 Å². The predicted octanol–water partition coefficient (Wildman–Crippen LogP) is 2.11. The first-order chi connectivity index (χ1) is 35.4. The van der Waals surface area contributed by atoms with Crippen molar-refractivity contribution in [1.29, 1.82) is 0 Å². The fourth-order valence-corrected chi connectivity index (χ4v) is 8.66. The largest absolute Gasteiger partial charge is 0.480 e. The average Bonchev–Trinajstić information content (AvgIpc) is 3.33. The maximum atomic E-state index is 14.8. The number of carboxylic acid groups (broad SMARTS) is 2. The normalized spacial score (nSPS) is 16.5. The number of anilines is 2. The van der Waals surface area contributed by atoms with Crippen molar-refractivity contribution >= 4 is 29.4 Å². The lowest BCUT2D eigenvalue weighted by Crippen LogP contribution is -2.50. The van der Waals surface area contributed by atoms with Crippen LogP contribution in [0, 0.1) is 12.7 Å². The topological polar surface area (TPSA) is 248 Å². The third-order valence-corrected chi connectivity index (χ3v) is 12.4. The van der Waals surface area contributed by atoms with E-state index < -0.39 is 35.8 Å². The van der Waals surface area contributed by atoms with Gasteiger partial charge in [-0.3, -0.25) is 34.0 Å². The number of nitrogens with two attached hydrogens (primary N) is 1. The molecule has 1 amide bonds. The molecule has 0 unspecified atom stereocenters. The zero-order valence-corrected chi connectivity index (χ0v) is 42.1. The molecule has 0 aliphatic carbocycles. The number of aliphatic carboxylic acids is 2. The number of halogens is 4. The molecule has 20 nitrogen and oxygen atoms in total. The summed E-state index contributed by atoms with van der Waals surface area (Å²) in [6.45, 7) is 7.94. The van der Waals surface area contributed by atoms with Crippen LogP contribution < -0.4 is 21.3 Å². The van der Waals surface area contributed by atoms with Crippen LogP contribution in [0.1, 0.15) is 24.0 Å². The number of nitrogens with one attached hydrogen (secondary N) is 2. The number of amides is 1. The Labute approximate surface area is 429 Å². The zero-order valence-electron chi connectivity index (χ0n) is 42.1. The summed E-state index contributed by atoms with van der Waals surface area (Å²) in [4.78, 5) is 49.9. The summed E-state index contributed by atoms with van der Waals surface area (Å²) < 4.78 is 78.3. The van der Waals surface area contributed by atoms with E-state index in [0.29, 0.717) is 145 Å². The quantitative estimate of drug-likeness (QED) is 0.0328. The van der Waals surface area contributed by atoms with Gasteiger partial charge in [0.2, 0.25) is 5.91 Å². The third kappa shape index (κ3) is 21.2. The van der Waals surface area contributed by atoms with E-state index in [9.17, 15) is 52.4 Å². The van der Waals surface area contributed by atoms with Gasteiger partial charge in [-0.2, -0.15) is 13.2 Å². The Hall–Kier alpha value is -5.12. The number of aliphatic hydroxyl groups excluding tert-OH is 1. The van der Waals surface area contributed by atoms with E-state index >= 15 is 0 Å². The summed E-state index contributed by atoms with van der Waals surface area (Å²) in [5.41, 5.74) is 9.26. The van der Waals surface area contributed by atoms with Crippen molar-refractivity contribution in [2.75, 3.05) is 168 Å². The average molecular weight is 1050 g/mol. The minimum atomic E-state index is -4.52. The van der Waals surface area contributed by atoms with Gasteiger partial charge in [0, 0.05) is 108 Å². The van der Waals surface area contributed by atoms with Crippen molar-refractivity contribution in [2.45, 2.75) is 38.3 Å². The van der Waals surface area contributed by atoms with E-state index in [1.807, 2.05) is 11.0 Å². The molecule has 412 valence electrons. The van der Waals surface area contributed by atoms with Crippen LogP contribution in [0.3, 0.4) is 0 Å². The number of carboxylic acids is 2. The Morgan fingerprint density at radius 2 is 1.20 bits per heavy atom. The predicted molar refractivity (Wildman–Crippen MR) is 268 cm³/mol. The molecular formula is C50H73F4N9O11. The molecular weight excluding hydrogens is 979 g/mol. The van der Waals surface area contributed by atoms with Gasteiger partial charge in [0.25, 0.3) is 0 Å². The number of aryl methyl sites for hydroxylation is 1. The van der Waals surface area contributed by atoms with Gasteiger partial charge in [-0.25, -0.2) is 9.37 Å². The molecule has 3 heterocycles. The van der Waals surface area contributed by atoms with Crippen LogP contribution in [-0.2, 0) is 39.5 Å². The molecule has 1 aromatic heterocycles. The van der Waals surface area contributed by atoms with Crippen LogP contribution in [-0.4, -0.2) is 233 Å². The van der Waals surface area contributed by atoms with Crippen LogP contribution in [0.5, 0.6) is 0 Å². The molecule has 2 aromatic carbocycles. The number of benzene rings is 2. The fourth-order valence-electron chi connectivity index (χ4n) is 8.66. The molecule has 2 aliphatic rings. The molecule has 0 atom stereocenters. The molecule has 2 fully saturated rings. The molecule has 2 saturated heterocycles. The van der Waals surface area contributed by atoms with Crippen molar-refractivity contribution in [3.63, 3.8) is 0 Å². The molecule has 5 rings (SSSR count). The number of aliphatic hydroxyl groups is 2. The maximum Gasteiger partial charge on any atom is 0.416 e. The first kappa shape index (κ1) is 59.8. The van der Waals surface area contributed by atoms with Gasteiger partial charge in [-0.1, -0.05) is 18.2 Å². The van der Waals surface area contributed by atoms with Crippen LogP contribution in [0.2, 0.25) is 0 Å². The lowest BCUT2D eigenvalue weighted by atomic mass is 9.93. The smallest absolute Gasteiger partial charge is 0.416 e. The van der Waals surface area contributed by atoms with E-state index in [2.05, 4.69) is 15.5 Å². The molecule has 3 aromatic rings. The molecule has 24 heteroatoms. The Morgan fingerprint density at radius 1 is 0.703 bits per heavy atom. The highest BCUT2D eigenvalue weighted by molar-refractivity contribution is 5.96. The molecule has 74 heavy (non-hydrogen) atoms. The number of piperidine rings is 1. The number of aromatic nitrogens is 1. The number of β-amino-alcohol motifs (C(OH)–C–C–N with tert-alkyl or cyclic N) is 2. The molecule has 2 aliphatic heterocycles. The number of ether oxygens (including phenoxy) is 4. The number of alkyl halides is 3. The van der Waals surface area contributed by atoms with Gasteiger partial charge >= 0.3 is 18.1 Å². The van der Waals surface area contributed by atoms with Crippen molar-refractivity contribution in [3.8, 4) is 22.3 Å². The summed E-state index contributed by atoms with van der Waals surface area (Å²) in [5, 5.41) is 44.1. The standard InChI is InChI=1S/C50H73F4N9O11/c1-36-28-38(30-40(51)29-36)42-31-58-49(47(48(42)63-10-6-41(55)7-11-63)37-2-4-39(5-3-37)50(52,53)54)57-9-21-72-23-25-74-27-26-73-24-22-71-20-8-56-43(64)32-59-12-14-60(33-44(65)66)16-18-62(35-46(69)70)19-17-61(15-13-59)34-45(67)68/h2-5,28-31,41,46,69-70H,6-27,32-35,55H2,1H3,(H,56,64)(H,57,58)(H,65,66)(H,67,68). The van der Waals surface area contributed by atoms with Crippen LogP contribution in [0.25, 0.3) is 22.3 Å². The SMILES string of the molecule is Cc1cc(F)cc(-c2cnc(NCCOCCOCCOCCOCCNC(=O)CN3CCN(CC(=O)O)CCN(CC(O)O)CCN(CC(=O)O)CC3)c(-c3ccc(C(F)(F)F)cc3)c2N2CCC(N)CC2)c1. The van der Waals surface area contributed by atoms with Crippen LogP contribution >= 0.6 is 0 Å². The number of hydrogen-bond donors (Lipinski definition) is 7. The van der Waals surface area contributed by atoms with Crippen LogP contribution in [0.15, 0.2) is 48.7 Å². The highest BCUT2D eigenvalue weighted by Gasteiger charge is 2.31. The minimum absolute atomic E-state index is 0.00747. The second-order valence-corrected chi connectivity index (χ2v) is 18.3. The second kappa shape index (κ2) is 31.1. The number of carbonyl (C=O) groups excluding carboxylic acids is 1. The Balaban J connectivity index is 1.00. The number of nitrogens with zero attached hydrogens (tertiary/aromatic N) is 6. The van der Waals surface area contributed by atoms with Gasteiger partial charge in [0.1, 0.15) is 11.6 Å². The third-order valence-electron chi connectivity index (χ3n) is 12.4. The Morgan fingerprint density at radius 3 is 1.70 bits per heavy atom. The van der Waals surface area contributed by atoms with Crippen LogP contribution in [0.4, 0.5) is 29.1 Å². The highest BCUT2D eigenvalue weighted by Crippen LogP contribution is 2.45. The van der Waals surface area contributed by atoms with Crippen molar-refractivity contribution in [3.05, 3.63) is 65.6 Å². The zero-order chi connectivity index (χ0) is 53.5. The summed E-state index contributed by atoms with van der Waals surface area (Å²) in [7, 11) is 0. The lowest BCUT2D eigenvalue weighted by Gasteiger charge is -2.35. The van der Waals surface area contributed by atoms with Gasteiger partial charge in [0.15, 0.2) is 6.29 Å². The number of carbonyl (C=O) groups is 3. The molecule has 0 saturated carbocycles. The van der Waals surface area contributed by atoms with Gasteiger partial charge in [-0.15, -0.1) is 0 Å². The van der Waals surface area contributed by atoms with Gasteiger partial charge in [0.05, 0.1) is 83.7 Å². The Bertz CT molecular complexity index is 2140. The minimum Gasteiger partial charge on any atom is -0.480 e. The summed E-state index contributed by atoms with van der Waals surface area (Å²) in [6.07, 6.45) is -3.05.